The first-order chi connectivity index (χ1) is 11.2. The van der Waals surface area contributed by atoms with Crippen molar-refractivity contribution in [3.8, 4) is 11.5 Å². The second-order valence-corrected chi connectivity index (χ2v) is 6.75. The van der Waals surface area contributed by atoms with Crippen molar-refractivity contribution in [2.45, 2.75) is 37.8 Å². The Labute approximate surface area is 136 Å². The monoisotopic (exact) mass is 316 g/mol. The molecule has 5 nitrogen and oxygen atoms in total. The third-order valence-electron chi connectivity index (χ3n) is 5.66. The molecule has 0 aliphatic carbocycles. The Balaban J connectivity index is 1.72. The molecule has 0 aromatic heterocycles. The molecule has 2 saturated heterocycles. The maximum absolute atomic E-state index is 12.9. The van der Waals surface area contributed by atoms with Gasteiger partial charge in [-0.05, 0) is 55.5 Å². The molecule has 2 fully saturated rings. The Kier molecular flexibility index (Phi) is 3.68. The van der Waals surface area contributed by atoms with Gasteiger partial charge in [0.2, 0.25) is 5.91 Å². The van der Waals surface area contributed by atoms with Crippen LogP contribution in [0.2, 0.25) is 0 Å². The van der Waals surface area contributed by atoms with Crippen LogP contribution in [0.1, 0.15) is 36.4 Å². The number of methoxy groups -OCH3 is 2. The van der Waals surface area contributed by atoms with Gasteiger partial charge in [0.15, 0.2) is 11.5 Å². The first-order valence-corrected chi connectivity index (χ1v) is 8.51. The fourth-order valence-corrected chi connectivity index (χ4v) is 4.50. The lowest BCUT2D eigenvalue weighted by Gasteiger charge is -2.48. The largest absolute Gasteiger partial charge is 0.493 e. The standard InChI is InChI=1S/C18H24N2O3/c1-22-16-8-11-5-7-20-15(13(11)9-17(16)23-2)10-14-12(18(20)21)4-3-6-19-14/h8-9,12,14-15,19H,3-7,10H2,1-2H3/t12-,14-,15-/m0/s1. The Morgan fingerprint density at radius 2 is 2.00 bits per heavy atom. The molecule has 3 heterocycles. The van der Waals surface area contributed by atoms with Gasteiger partial charge in [0.05, 0.1) is 26.2 Å². The molecule has 4 rings (SSSR count). The number of nitrogens with one attached hydrogen (secondary N) is 1. The maximum Gasteiger partial charge on any atom is 0.227 e. The van der Waals surface area contributed by atoms with Crippen LogP contribution in [0.15, 0.2) is 12.1 Å². The fourth-order valence-electron chi connectivity index (χ4n) is 4.50. The Hall–Kier alpha value is -1.75. The van der Waals surface area contributed by atoms with Crippen LogP contribution >= 0.6 is 0 Å². The predicted molar refractivity (Wildman–Crippen MR) is 86.8 cm³/mol. The van der Waals surface area contributed by atoms with Crippen LogP contribution in [-0.2, 0) is 11.2 Å². The average Bonchev–Trinajstić information content (AvgIpc) is 2.60. The van der Waals surface area contributed by atoms with Crippen molar-refractivity contribution in [2.24, 2.45) is 5.92 Å². The maximum atomic E-state index is 12.9. The van der Waals surface area contributed by atoms with Crippen LogP contribution in [0.25, 0.3) is 0 Å². The summed E-state index contributed by atoms with van der Waals surface area (Å²) >= 11 is 0. The van der Waals surface area contributed by atoms with Gasteiger partial charge in [0, 0.05) is 12.6 Å². The Morgan fingerprint density at radius 3 is 2.78 bits per heavy atom. The van der Waals surface area contributed by atoms with Gasteiger partial charge in [0.25, 0.3) is 0 Å². The summed E-state index contributed by atoms with van der Waals surface area (Å²) in [5, 5.41) is 3.56. The third-order valence-corrected chi connectivity index (χ3v) is 5.66. The number of carbonyl (C=O) groups excluding carboxylic acids is 1. The zero-order chi connectivity index (χ0) is 16.0. The molecule has 124 valence electrons. The number of hydrogen-bond acceptors (Lipinski definition) is 4. The molecular weight excluding hydrogens is 292 g/mol. The van der Waals surface area contributed by atoms with Crippen LogP contribution in [0.5, 0.6) is 11.5 Å². The molecule has 1 N–H and O–H groups in total. The highest BCUT2D eigenvalue weighted by atomic mass is 16.5. The van der Waals surface area contributed by atoms with Crippen molar-refractivity contribution in [3.05, 3.63) is 23.3 Å². The minimum absolute atomic E-state index is 0.165. The van der Waals surface area contributed by atoms with Gasteiger partial charge in [-0.15, -0.1) is 0 Å². The van der Waals surface area contributed by atoms with Gasteiger partial charge in [-0.2, -0.15) is 0 Å². The second kappa shape index (κ2) is 5.71. The molecule has 0 spiro atoms. The van der Waals surface area contributed by atoms with Crippen LogP contribution in [0.3, 0.4) is 0 Å². The lowest BCUT2D eigenvalue weighted by molar-refractivity contribution is -0.145. The van der Waals surface area contributed by atoms with Gasteiger partial charge in [-0.25, -0.2) is 0 Å². The highest BCUT2D eigenvalue weighted by Crippen LogP contribution is 2.44. The molecule has 1 amide bonds. The zero-order valence-corrected chi connectivity index (χ0v) is 13.8. The average molecular weight is 316 g/mol. The molecule has 3 atom stereocenters. The number of benzene rings is 1. The summed E-state index contributed by atoms with van der Waals surface area (Å²) in [6, 6.07) is 4.63. The van der Waals surface area contributed by atoms with Gasteiger partial charge < -0.3 is 19.7 Å². The van der Waals surface area contributed by atoms with E-state index in [1.165, 1.54) is 11.1 Å². The molecule has 3 aliphatic rings. The van der Waals surface area contributed by atoms with E-state index < -0.39 is 0 Å². The van der Waals surface area contributed by atoms with Gasteiger partial charge >= 0.3 is 0 Å². The summed E-state index contributed by atoms with van der Waals surface area (Å²) in [6.45, 7) is 1.84. The quantitative estimate of drug-likeness (QED) is 0.905. The van der Waals surface area contributed by atoms with Crippen molar-refractivity contribution in [2.75, 3.05) is 27.3 Å². The molecule has 23 heavy (non-hydrogen) atoms. The highest BCUT2D eigenvalue weighted by Gasteiger charge is 2.45. The van der Waals surface area contributed by atoms with E-state index in [4.69, 9.17) is 9.47 Å². The number of amides is 1. The van der Waals surface area contributed by atoms with E-state index in [0.29, 0.717) is 11.9 Å². The summed E-state index contributed by atoms with van der Waals surface area (Å²) < 4.78 is 10.9. The predicted octanol–water partition coefficient (Wildman–Crippen LogP) is 1.90. The molecule has 0 unspecified atom stereocenters. The summed E-state index contributed by atoms with van der Waals surface area (Å²) in [5.74, 6) is 2.02. The lowest BCUT2D eigenvalue weighted by atomic mass is 9.77. The summed E-state index contributed by atoms with van der Waals surface area (Å²) in [6.07, 6.45) is 4.02. The molecule has 5 heteroatoms. The normalized spacial score (nSPS) is 29.4. The number of piperidine rings is 2. The Morgan fingerprint density at radius 1 is 1.22 bits per heavy atom. The minimum Gasteiger partial charge on any atom is -0.493 e. The SMILES string of the molecule is COc1cc2c(cc1OC)[C@@H]1C[C@@H]3NCCC[C@@H]3C(=O)N1CC2. The van der Waals surface area contributed by atoms with E-state index in [1.54, 1.807) is 14.2 Å². The molecule has 1 aromatic carbocycles. The zero-order valence-electron chi connectivity index (χ0n) is 13.8. The Bertz CT molecular complexity index is 631. The molecule has 3 aliphatic heterocycles. The second-order valence-electron chi connectivity index (χ2n) is 6.75. The number of carbonyl (C=O) groups is 1. The van der Waals surface area contributed by atoms with Crippen molar-refractivity contribution >= 4 is 5.91 Å². The van der Waals surface area contributed by atoms with Crippen LogP contribution in [0.4, 0.5) is 0 Å². The number of rotatable bonds is 2. The first kappa shape index (κ1) is 14.8. The van der Waals surface area contributed by atoms with Crippen LogP contribution in [-0.4, -0.2) is 44.2 Å². The van der Waals surface area contributed by atoms with Crippen molar-refractivity contribution in [3.63, 3.8) is 0 Å². The number of ether oxygens (including phenoxy) is 2. The number of nitrogens with zero attached hydrogens (tertiary/aromatic N) is 1. The van der Waals surface area contributed by atoms with Crippen LogP contribution in [0, 0.1) is 5.92 Å². The first-order valence-electron chi connectivity index (χ1n) is 8.51. The van der Waals surface area contributed by atoms with Crippen molar-refractivity contribution < 1.29 is 14.3 Å². The van der Waals surface area contributed by atoms with Crippen molar-refractivity contribution in [1.82, 2.24) is 10.2 Å². The third kappa shape index (κ3) is 2.29. The number of fused-ring (bicyclic) bond motifs is 4. The van der Waals surface area contributed by atoms with Crippen molar-refractivity contribution in [1.29, 1.82) is 0 Å². The van der Waals surface area contributed by atoms with E-state index in [2.05, 4.69) is 22.3 Å². The topological polar surface area (TPSA) is 50.8 Å². The smallest absolute Gasteiger partial charge is 0.227 e. The molecule has 0 bridgehead atoms. The van der Waals surface area contributed by atoms with Gasteiger partial charge in [-0.1, -0.05) is 0 Å². The molecule has 0 saturated carbocycles. The highest BCUT2D eigenvalue weighted by molar-refractivity contribution is 5.82. The van der Waals surface area contributed by atoms with E-state index in [0.717, 1.165) is 50.3 Å². The van der Waals surface area contributed by atoms with Gasteiger partial charge in [-0.3, -0.25) is 4.79 Å². The molecule has 0 radical (unpaired) electrons. The molecular formula is C18H24N2O3. The van der Waals surface area contributed by atoms with Gasteiger partial charge in [0.1, 0.15) is 0 Å². The molecule has 1 aromatic rings. The van der Waals surface area contributed by atoms with E-state index >= 15 is 0 Å². The van der Waals surface area contributed by atoms with E-state index in [-0.39, 0.29) is 12.0 Å². The van der Waals surface area contributed by atoms with E-state index in [1.807, 2.05) is 0 Å². The van der Waals surface area contributed by atoms with Crippen LogP contribution < -0.4 is 14.8 Å². The summed E-state index contributed by atoms with van der Waals surface area (Å²) in [7, 11) is 3.33. The van der Waals surface area contributed by atoms with E-state index in [9.17, 15) is 4.79 Å². The fraction of sp³-hybridized carbons (Fsp3) is 0.611. The lowest BCUT2D eigenvalue weighted by Crippen LogP contribution is -2.57. The summed E-state index contributed by atoms with van der Waals surface area (Å²) in [4.78, 5) is 15.0. The summed E-state index contributed by atoms with van der Waals surface area (Å²) in [5.41, 5.74) is 2.51. The minimum atomic E-state index is 0.165. The number of hydrogen-bond donors (Lipinski definition) is 1.